The molecule has 2 rings (SSSR count). The summed E-state index contributed by atoms with van der Waals surface area (Å²) in [6.45, 7) is 6.72. The zero-order chi connectivity index (χ0) is 13.8. The number of rotatable bonds is 4. The van der Waals surface area contributed by atoms with E-state index in [0.717, 1.165) is 22.6 Å². The van der Waals surface area contributed by atoms with E-state index in [1.54, 1.807) is 0 Å². The van der Waals surface area contributed by atoms with Crippen LogP contribution in [0.1, 0.15) is 36.7 Å². The van der Waals surface area contributed by atoms with Gasteiger partial charge in [-0.2, -0.15) is 0 Å². The predicted octanol–water partition coefficient (Wildman–Crippen LogP) is 3.11. The minimum absolute atomic E-state index is 0.381. The van der Waals surface area contributed by atoms with Gasteiger partial charge in [0, 0.05) is 23.6 Å². The average molecular weight is 256 g/mol. The molecule has 0 bridgehead atoms. The van der Waals surface area contributed by atoms with E-state index in [1.165, 1.54) is 0 Å². The highest BCUT2D eigenvalue weighted by Crippen LogP contribution is 2.20. The molecule has 0 aliphatic heterocycles. The summed E-state index contributed by atoms with van der Waals surface area (Å²) in [5.74, 6) is 1.01. The smallest absolute Gasteiger partial charge is 0.227 e. The van der Waals surface area contributed by atoms with Crippen molar-refractivity contribution in [2.24, 2.45) is 5.73 Å². The largest absolute Gasteiger partial charge is 0.326 e. The molecule has 4 nitrogen and oxygen atoms in total. The van der Waals surface area contributed by atoms with Crippen LogP contribution in [-0.2, 0) is 6.54 Å². The van der Waals surface area contributed by atoms with E-state index in [0.29, 0.717) is 18.4 Å². The number of nitrogens with zero attached hydrogens (tertiary/aromatic N) is 2. The standard InChI is InChI=1S/C15H20N4/c1-10(2)14-8-11(3)17-15(19-14)18-13-7-5-4-6-12(13)9-16/h4-8,10H,9,16H2,1-3H3,(H,17,18,19). The van der Waals surface area contributed by atoms with Crippen LogP contribution in [-0.4, -0.2) is 9.97 Å². The average Bonchev–Trinajstić information content (AvgIpc) is 2.38. The van der Waals surface area contributed by atoms with Gasteiger partial charge in [-0.15, -0.1) is 0 Å². The lowest BCUT2D eigenvalue weighted by Gasteiger charge is -2.12. The molecule has 0 atom stereocenters. The molecule has 19 heavy (non-hydrogen) atoms. The molecular formula is C15H20N4. The zero-order valence-corrected chi connectivity index (χ0v) is 11.6. The summed E-state index contributed by atoms with van der Waals surface area (Å²) in [6, 6.07) is 9.96. The molecule has 0 fully saturated rings. The lowest BCUT2D eigenvalue weighted by Crippen LogP contribution is -2.06. The van der Waals surface area contributed by atoms with E-state index in [4.69, 9.17) is 5.73 Å². The summed E-state index contributed by atoms with van der Waals surface area (Å²) in [7, 11) is 0. The third-order valence-electron chi connectivity index (χ3n) is 2.95. The molecule has 1 aromatic carbocycles. The topological polar surface area (TPSA) is 63.8 Å². The van der Waals surface area contributed by atoms with Crippen LogP contribution < -0.4 is 11.1 Å². The Morgan fingerprint density at radius 3 is 2.63 bits per heavy atom. The van der Waals surface area contributed by atoms with Gasteiger partial charge in [0.1, 0.15) is 0 Å². The van der Waals surface area contributed by atoms with Gasteiger partial charge >= 0.3 is 0 Å². The summed E-state index contributed by atoms with van der Waals surface area (Å²) >= 11 is 0. The third kappa shape index (κ3) is 3.29. The Morgan fingerprint density at radius 2 is 1.95 bits per heavy atom. The number of nitrogens with one attached hydrogen (secondary N) is 1. The molecule has 0 aliphatic carbocycles. The minimum Gasteiger partial charge on any atom is -0.326 e. The molecule has 4 heteroatoms. The van der Waals surface area contributed by atoms with Gasteiger partial charge in [-0.3, -0.25) is 0 Å². The quantitative estimate of drug-likeness (QED) is 0.882. The van der Waals surface area contributed by atoms with Gasteiger partial charge < -0.3 is 11.1 Å². The van der Waals surface area contributed by atoms with E-state index < -0.39 is 0 Å². The first kappa shape index (κ1) is 13.5. The van der Waals surface area contributed by atoms with Crippen molar-refractivity contribution in [2.45, 2.75) is 33.2 Å². The molecular weight excluding hydrogens is 236 g/mol. The Morgan fingerprint density at radius 1 is 1.21 bits per heavy atom. The number of benzene rings is 1. The van der Waals surface area contributed by atoms with Crippen LogP contribution in [0, 0.1) is 6.92 Å². The van der Waals surface area contributed by atoms with Crippen molar-refractivity contribution in [3.63, 3.8) is 0 Å². The second-order valence-corrected chi connectivity index (χ2v) is 4.90. The number of hydrogen-bond donors (Lipinski definition) is 2. The van der Waals surface area contributed by atoms with Crippen LogP contribution in [0.2, 0.25) is 0 Å². The number of para-hydroxylation sites is 1. The number of aromatic nitrogens is 2. The summed E-state index contributed by atoms with van der Waals surface area (Å²) in [5, 5.41) is 3.26. The Balaban J connectivity index is 2.32. The fourth-order valence-corrected chi connectivity index (χ4v) is 1.89. The van der Waals surface area contributed by atoms with E-state index in [9.17, 15) is 0 Å². The summed E-state index contributed by atoms with van der Waals surface area (Å²) < 4.78 is 0. The minimum atomic E-state index is 0.381. The molecule has 100 valence electrons. The lowest BCUT2D eigenvalue weighted by molar-refractivity contribution is 0.812. The number of nitrogens with two attached hydrogens (primary N) is 1. The van der Waals surface area contributed by atoms with E-state index in [2.05, 4.69) is 29.1 Å². The van der Waals surface area contributed by atoms with Crippen LogP contribution >= 0.6 is 0 Å². The van der Waals surface area contributed by atoms with E-state index >= 15 is 0 Å². The Kier molecular flexibility index (Phi) is 4.12. The molecule has 0 saturated heterocycles. The molecule has 0 unspecified atom stereocenters. The SMILES string of the molecule is Cc1cc(C(C)C)nc(Nc2ccccc2CN)n1. The van der Waals surface area contributed by atoms with Crippen molar-refractivity contribution in [1.29, 1.82) is 0 Å². The number of hydrogen-bond acceptors (Lipinski definition) is 4. The van der Waals surface area contributed by atoms with Gasteiger partial charge in [-0.25, -0.2) is 9.97 Å². The first-order valence-corrected chi connectivity index (χ1v) is 6.50. The summed E-state index contributed by atoms with van der Waals surface area (Å²) in [6.07, 6.45) is 0. The van der Waals surface area contributed by atoms with Crippen LogP contribution in [0.3, 0.4) is 0 Å². The van der Waals surface area contributed by atoms with Crippen LogP contribution in [0.15, 0.2) is 30.3 Å². The van der Waals surface area contributed by atoms with Gasteiger partial charge in [-0.05, 0) is 30.5 Å². The highest BCUT2D eigenvalue weighted by molar-refractivity contribution is 5.58. The van der Waals surface area contributed by atoms with Crippen molar-refractivity contribution < 1.29 is 0 Å². The van der Waals surface area contributed by atoms with Crippen molar-refractivity contribution in [3.05, 3.63) is 47.3 Å². The zero-order valence-electron chi connectivity index (χ0n) is 11.6. The monoisotopic (exact) mass is 256 g/mol. The fraction of sp³-hybridized carbons (Fsp3) is 0.333. The Labute approximate surface area is 114 Å². The molecule has 0 saturated carbocycles. The first-order valence-electron chi connectivity index (χ1n) is 6.50. The molecule has 0 aliphatic rings. The fourth-order valence-electron chi connectivity index (χ4n) is 1.89. The third-order valence-corrected chi connectivity index (χ3v) is 2.95. The maximum Gasteiger partial charge on any atom is 0.227 e. The first-order chi connectivity index (χ1) is 9.10. The Hall–Kier alpha value is -1.94. The summed E-state index contributed by atoms with van der Waals surface area (Å²) in [4.78, 5) is 8.96. The molecule has 3 N–H and O–H groups in total. The molecule has 1 heterocycles. The molecule has 0 spiro atoms. The Bertz CT molecular complexity index is 564. The lowest BCUT2D eigenvalue weighted by atomic mass is 10.1. The van der Waals surface area contributed by atoms with E-state index in [1.807, 2.05) is 37.3 Å². The second kappa shape index (κ2) is 5.80. The number of aryl methyl sites for hydroxylation is 1. The predicted molar refractivity (Wildman–Crippen MR) is 78.5 cm³/mol. The van der Waals surface area contributed by atoms with E-state index in [-0.39, 0.29) is 0 Å². The van der Waals surface area contributed by atoms with Gasteiger partial charge in [0.2, 0.25) is 5.95 Å². The highest BCUT2D eigenvalue weighted by Gasteiger charge is 2.07. The molecule has 1 aromatic heterocycles. The molecule has 0 amide bonds. The van der Waals surface area contributed by atoms with Crippen molar-refractivity contribution in [2.75, 3.05) is 5.32 Å². The summed E-state index contributed by atoms with van der Waals surface area (Å²) in [5.41, 5.74) is 9.76. The van der Waals surface area contributed by atoms with Gasteiger partial charge in [0.05, 0.1) is 0 Å². The maximum atomic E-state index is 5.73. The van der Waals surface area contributed by atoms with Crippen molar-refractivity contribution >= 4 is 11.6 Å². The van der Waals surface area contributed by atoms with Crippen molar-refractivity contribution in [1.82, 2.24) is 9.97 Å². The van der Waals surface area contributed by atoms with Crippen LogP contribution in [0.5, 0.6) is 0 Å². The second-order valence-electron chi connectivity index (χ2n) is 4.90. The van der Waals surface area contributed by atoms with Gasteiger partial charge in [0.15, 0.2) is 0 Å². The highest BCUT2D eigenvalue weighted by atomic mass is 15.1. The molecule has 0 radical (unpaired) electrons. The van der Waals surface area contributed by atoms with Crippen LogP contribution in [0.4, 0.5) is 11.6 Å². The van der Waals surface area contributed by atoms with Crippen LogP contribution in [0.25, 0.3) is 0 Å². The van der Waals surface area contributed by atoms with Gasteiger partial charge in [-0.1, -0.05) is 32.0 Å². The normalized spacial score (nSPS) is 10.8. The maximum absolute atomic E-state index is 5.73. The molecule has 2 aromatic rings. The van der Waals surface area contributed by atoms with Gasteiger partial charge in [0.25, 0.3) is 0 Å². The number of anilines is 2. The van der Waals surface area contributed by atoms with Crippen molar-refractivity contribution in [3.8, 4) is 0 Å².